The fraction of sp³-hybridized carbons (Fsp3) is 0.250. The molecule has 1 atom stereocenters. The Morgan fingerprint density at radius 1 is 1.33 bits per heavy atom. The van der Waals surface area contributed by atoms with E-state index in [2.05, 4.69) is 6.58 Å². The molecule has 2 rings (SSSR count). The minimum atomic E-state index is -1.16. The summed E-state index contributed by atoms with van der Waals surface area (Å²) in [5.74, 6) is -2.90. The van der Waals surface area contributed by atoms with E-state index in [1.54, 1.807) is 6.07 Å². The predicted molar refractivity (Wildman–Crippen MR) is 103 cm³/mol. The third-order valence-electron chi connectivity index (χ3n) is 4.17. The lowest BCUT2D eigenvalue weighted by molar-refractivity contribution is -0.385. The van der Waals surface area contributed by atoms with Gasteiger partial charge in [-0.1, -0.05) is 24.8 Å². The van der Waals surface area contributed by atoms with Gasteiger partial charge < -0.3 is 19.9 Å². The number of hydrogen-bond acceptors (Lipinski definition) is 9. The molecular weight excluding hydrogens is 394 g/mol. The number of hydrogen-bond donors (Lipinski definition) is 1. The molecule has 0 bridgehead atoms. The van der Waals surface area contributed by atoms with Crippen molar-refractivity contribution in [3.05, 3.63) is 74.9 Å². The molecule has 0 amide bonds. The summed E-state index contributed by atoms with van der Waals surface area (Å²) in [5.41, 5.74) is 5.51. The summed E-state index contributed by atoms with van der Waals surface area (Å²) in [6.45, 7) is 5.84. The van der Waals surface area contributed by atoms with Crippen LogP contribution >= 0.6 is 0 Å². The van der Waals surface area contributed by atoms with Gasteiger partial charge in [-0.15, -0.1) is 0 Å². The Balaban J connectivity index is 2.37. The number of allylic oxidation sites excluding steroid dienone is 2. The van der Waals surface area contributed by atoms with E-state index < -0.39 is 22.8 Å². The van der Waals surface area contributed by atoms with Crippen LogP contribution in [0.1, 0.15) is 25.3 Å². The van der Waals surface area contributed by atoms with Crippen LogP contribution in [-0.2, 0) is 23.8 Å². The average Bonchev–Trinajstić information content (AvgIpc) is 2.70. The van der Waals surface area contributed by atoms with E-state index in [9.17, 15) is 25.0 Å². The van der Waals surface area contributed by atoms with Crippen LogP contribution in [0.15, 0.2) is 59.2 Å². The number of para-hydroxylation sites is 1. The third kappa shape index (κ3) is 4.64. The van der Waals surface area contributed by atoms with E-state index >= 15 is 0 Å². The van der Waals surface area contributed by atoms with Crippen molar-refractivity contribution in [2.45, 2.75) is 19.8 Å². The van der Waals surface area contributed by atoms with E-state index in [1.165, 1.54) is 32.0 Å². The normalized spacial score (nSPS) is 15.7. The third-order valence-corrected chi connectivity index (χ3v) is 4.17. The van der Waals surface area contributed by atoms with Crippen molar-refractivity contribution in [3.8, 4) is 6.07 Å². The van der Waals surface area contributed by atoms with Crippen LogP contribution in [0, 0.1) is 21.4 Å². The Morgan fingerprint density at radius 2 is 1.97 bits per heavy atom. The summed E-state index contributed by atoms with van der Waals surface area (Å²) >= 11 is 0. The van der Waals surface area contributed by atoms with Crippen molar-refractivity contribution in [3.63, 3.8) is 0 Å². The molecule has 10 heteroatoms. The summed E-state index contributed by atoms with van der Waals surface area (Å²) in [7, 11) is 0. The minimum Gasteiger partial charge on any atom is -0.459 e. The van der Waals surface area contributed by atoms with Gasteiger partial charge in [0.15, 0.2) is 0 Å². The van der Waals surface area contributed by atoms with Gasteiger partial charge in [0.1, 0.15) is 30.6 Å². The van der Waals surface area contributed by atoms with Crippen LogP contribution in [0.25, 0.3) is 0 Å². The number of benzene rings is 1. The Kier molecular flexibility index (Phi) is 6.93. The standard InChI is InChI=1S/C20H19N3O7/c1-11(2)19(24)28-8-9-29-20(25)16-12(3)30-18(22)14(10-21)17(16)13-6-4-5-7-15(13)23(26)27/h4-7,17H,1,8-9,22H2,2-3H3/t17-/m0/s1. The van der Waals surface area contributed by atoms with E-state index in [4.69, 9.17) is 19.9 Å². The molecule has 2 N–H and O–H groups in total. The summed E-state index contributed by atoms with van der Waals surface area (Å²) in [4.78, 5) is 35.0. The van der Waals surface area contributed by atoms with Gasteiger partial charge in [-0.05, 0) is 13.8 Å². The molecule has 30 heavy (non-hydrogen) atoms. The monoisotopic (exact) mass is 413 g/mol. The first-order valence-corrected chi connectivity index (χ1v) is 8.70. The van der Waals surface area contributed by atoms with Crippen molar-refractivity contribution >= 4 is 17.6 Å². The minimum absolute atomic E-state index is 0.0404. The van der Waals surface area contributed by atoms with Gasteiger partial charge in [0, 0.05) is 17.2 Å². The molecule has 1 aliphatic heterocycles. The number of esters is 2. The van der Waals surface area contributed by atoms with Gasteiger partial charge in [-0.25, -0.2) is 9.59 Å². The maximum Gasteiger partial charge on any atom is 0.338 e. The molecule has 0 saturated carbocycles. The molecule has 0 aliphatic carbocycles. The fourth-order valence-electron chi connectivity index (χ4n) is 2.82. The van der Waals surface area contributed by atoms with Crippen molar-refractivity contribution < 1.29 is 28.7 Å². The molecule has 0 spiro atoms. The predicted octanol–water partition coefficient (Wildman–Crippen LogP) is 2.34. The van der Waals surface area contributed by atoms with E-state index in [1.807, 2.05) is 6.07 Å². The van der Waals surface area contributed by atoms with Crippen LogP contribution in [0.4, 0.5) is 5.69 Å². The molecular formula is C20H19N3O7. The van der Waals surface area contributed by atoms with E-state index in [0.29, 0.717) is 0 Å². The van der Waals surface area contributed by atoms with Gasteiger partial charge in [-0.3, -0.25) is 10.1 Å². The zero-order valence-electron chi connectivity index (χ0n) is 16.3. The molecule has 1 aromatic carbocycles. The van der Waals surface area contributed by atoms with Crippen molar-refractivity contribution in [1.82, 2.24) is 0 Å². The van der Waals surface area contributed by atoms with Gasteiger partial charge in [-0.2, -0.15) is 5.26 Å². The first-order chi connectivity index (χ1) is 14.2. The van der Waals surface area contributed by atoms with Crippen LogP contribution in [0.5, 0.6) is 0 Å². The quantitative estimate of drug-likeness (QED) is 0.233. The number of rotatable bonds is 7. The van der Waals surface area contributed by atoms with Crippen LogP contribution < -0.4 is 5.73 Å². The summed E-state index contributed by atoms with van der Waals surface area (Å²) in [6, 6.07) is 7.54. The fourth-order valence-corrected chi connectivity index (χ4v) is 2.82. The van der Waals surface area contributed by atoms with Crippen molar-refractivity contribution in [2.75, 3.05) is 13.2 Å². The highest BCUT2D eigenvalue weighted by Crippen LogP contribution is 2.42. The molecule has 0 radical (unpaired) electrons. The van der Waals surface area contributed by atoms with Gasteiger partial charge in [0.05, 0.1) is 16.4 Å². The zero-order chi connectivity index (χ0) is 22.4. The van der Waals surface area contributed by atoms with Crippen molar-refractivity contribution in [2.24, 2.45) is 5.73 Å². The van der Waals surface area contributed by atoms with Crippen LogP contribution in [0.3, 0.4) is 0 Å². The zero-order valence-corrected chi connectivity index (χ0v) is 16.3. The molecule has 0 unspecified atom stereocenters. The number of carbonyl (C=O) groups excluding carboxylic acids is 2. The highest BCUT2D eigenvalue weighted by Gasteiger charge is 2.39. The Morgan fingerprint density at radius 3 is 2.57 bits per heavy atom. The number of nitro groups is 1. The maximum atomic E-state index is 12.8. The second-order valence-corrected chi connectivity index (χ2v) is 6.26. The first kappa shape index (κ1) is 22.2. The summed E-state index contributed by atoms with van der Waals surface area (Å²) < 4.78 is 15.3. The summed E-state index contributed by atoms with van der Waals surface area (Å²) in [5, 5.41) is 21.0. The van der Waals surface area contributed by atoms with Crippen LogP contribution in [-0.4, -0.2) is 30.1 Å². The molecule has 10 nitrogen and oxygen atoms in total. The van der Waals surface area contributed by atoms with E-state index in [-0.39, 0.29) is 52.8 Å². The SMILES string of the molecule is C=C(C)C(=O)OCCOC(=O)C1=C(C)OC(N)=C(C#N)[C@@H]1c1ccccc1[N+](=O)[O-]. The topological polar surface area (TPSA) is 155 Å². The Bertz CT molecular complexity index is 1020. The smallest absolute Gasteiger partial charge is 0.338 e. The number of carbonyl (C=O) groups is 2. The molecule has 156 valence electrons. The molecule has 1 aliphatic rings. The molecule has 1 heterocycles. The molecule has 0 saturated heterocycles. The lowest BCUT2D eigenvalue weighted by Crippen LogP contribution is -2.26. The van der Waals surface area contributed by atoms with Crippen molar-refractivity contribution in [1.29, 1.82) is 5.26 Å². The van der Waals surface area contributed by atoms with Gasteiger partial charge >= 0.3 is 11.9 Å². The average molecular weight is 413 g/mol. The number of nitro benzene ring substituents is 1. The maximum absolute atomic E-state index is 12.8. The van der Waals surface area contributed by atoms with Crippen LogP contribution in [0.2, 0.25) is 0 Å². The number of nitriles is 1. The number of nitrogens with two attached hydrogens (primary N) is 1. The lowest BCUT2D eigenvalue weighted by atomic mass is 9.82. The van der Waals surface area contributed by atoms with E-state index in [0.717, 1.165) is 0 Å². The highest BCUT2D eigenvalue weighted by atomic mass is 16.6. The molecule has 1 aromatic rings. The second kappa shape index (κ2) is 9.38. The van der Waals surface area contributed by atoms with Gasteiger partial charge in [0.2, 0.25) is 5.88 Å². The summed E-state index contributed by atoms with van der Waals surface area (Å²) in [6.07, 6.45) is 0. The lowest BCUT2D eigenvalue weighted by Gasteiger charge is -2.26. The number of ether oxygens (including phenoxy) is 3. The largest absolute Gasteiger partial charge is 0.459 e. The molecule has 0 aromatic heterocycles. The highest BCUT2D eigenvalue weighted by molar-refractivity contribution is 5.93. The van der Waals surface area contributed by atoms with Gasteiger partial charge in [0.25, 0.3) is 5.69 Å². The molecule has 0 fully saturated rings. The first-order valence-electron chi connectivity index (χ1n) is 8.70. The number of nitrogens with zero attached hydrogens (tertiary/aromatic N) is 2. The Labute approximate surface area is 172 Å². The Hall–Kier alpha value is -4.13. The second-order valence-electron chi connectivity index (χ2n) is 6.26.